The van der Waals surface area contributed by atoms with Crippen LogP contribution in [0.5, 0.6) is 0 Å². The van der Waals surface area contributed by atoms with E-state index >= 15 is 0 Å². The van der Waals surface area contributed by atoms with Crippen LogP contribution in [-0.2, 0) is 13.1 Å². The molecule has 0 radical (unpaired) electrons. The van der Waals surface area contributed by atoms with Gasteiger partial charge < -0.3 is 14.8 Å². The van der Waals surface area contributed by atoms with Gasteiger partial charge in [-0.15, -0.1) is 0 Å². The molecule has 1 saturated heterocycles. The Morgan fingerprint density at radius 1 is 1.25 bits per heavy atom. The van der Waals surface area contributed by atoms with E-state index in [2.05, 4.69) is 37.9 Å². The number of nitrogens with zero attached hydrogens (tertiary/aromatic N) is 4. The minimum atomic E-state index is -0.623. The fraction of sp³-hybridized carbons (Fsp3) is 0.435. The number of carbonyl (C=O) groups is 1. The van der Waals surface area contributed by atoms with Gasteiger partial charge in [-0.2, -0.15) is 0 Å². The van der Waals surface area contributed by atoms with Crippen molar-refractivity contribution in [1.82, 2.24) is 25.3 Å². The lowest BCUT2D eigenvalue weighted by Crippen LogP contribution is -2.38. The van der Waals surface area contributed by atoms with Crippen LogP contribution < -0.4 is 15.7 Å². The van der Waals surface area contributed by atoms with E-state index in [1.807, 2.05) is 6.07 Å². The molecule has 1 aliphatic rings. The van der Waals surface area contributed by atoms with Crippen LogP contribution in [0.3, 0.4) is 0 Å². The molecule has 0 aliphatic carbocycles. The number of nitrogens with one attached hydrogen (secondary N) is 2. The molecular formula is C23H29FN6O2. The highest BCUT2D eigenvalue weighted by Gasteiger charge is 2.21. The number of hydroxylamine groups is 1. The molecule has 3 N–H and O–H groups in total. The Morgan fingerprint density at radius 2 is 2.00 bits per heavy atom. The van der Waals surface area contributed by atoms with Gasteiger partial charge in [-0.3, -0.25) is 10.0 Å². The van der Waals surface area contributed by atoms with E-state index in [9.17, 15) is 9.18 Å². The van der Waals surface area contributed by atoms with Crippen LogP contribution in [0.4, 0.5) is 10.3 Å². The summed E-state index contributed by atoms with van der Waals surface area (Å²) in [7, 11) is 0. The molecule has 9 heteroatoms. The summed E-state index contributed by atoms with van der Waals surface area (Å²) in [4.78, 5) is 22.0. The zero-order valence-corrected chi connectivity index (χ0v) is 18.2. The quantitative estimate of drug-likeness (QED) is 0.368. The SMILES string of the molecule is CCCn1cc(CNCC2CCN(c3ncc(C(=O)NO)cn3)CC2)c2cc(F)ccc21. The number of anilines is 1. The highest BCUT2D eigenvalue weighted by molar-refractivity contribution is 5.92. The molecule has 3 aromatic rings. The molecule has 3 heterocycles. The number of carbonyl (C=O) groups excluding carboxylic acids is 1. The monoisotopic (exact) mass is 440 g/mol. The minimum absolute atomic E-state index is 0.201. The van der Waals surface area contributed by atoms with Crippen molar-refractivity contribution in [1.29, 1.82) is 0 Å². The third-order valence-electron chi connectivity index (χ3n) is 6.04. The molecule has 1 fully saturated rings. The molecule has 32 heavy (non-hydrogen) atoms. The normalized spacial score (nSPS) is 14.8. The van der Waals surface area contributed by atoms with Gasteiger partial charge >= 0.3 is 0 Å². The third-order valence-corrected chi connectivity index (χ3v) is 6.04. The van der Waals surface area contributed by atoms with Crippen LogP contribution >= 0.6 is 0 Å². The zero-order valence-electron chi connectivity index (χ0n) is 18.2. The first-order chi connectivity index (χ1) is 15.6. The van der Waals surface area contributed by atoms with Gasteiger partial charge in [-0.25, -0.2) is 19.8 Å². The van der Waals surface area contributed by atoms with E-state index in [-0.39, 0.29) is 11.4 Å². The van der Waals surface area contributed by atoms with E-state index in [0.29, 0.717) is 18.4 Å². The summed E-state index contributed by atoms with van der Waals surface area (Å²) in [6, 6.07) is 5.02. The van der Waals surface area contributed by atoms with Crippen molar-refractivity contribution in [3.8, 4) is 0 Å². The Labute approximate surface area is 186 Å². The first-order valence-electron chi connectivity index (χ1n) is 11.1. The van der Waals surface area contributed by atoms with Gasteiger partial charge in [0.2, 0.25) is 5.95 Å². The maximum atomic E-state index is 13.8. The molecule has 0 spiro atoms. The molecule has 0 bridgehead atoms. The topological polar surface area (TPSA) is 95.3 Å². The van der Waals surface area contributed by atoms with E-state index in [4.69, 9.17) is 5.21 Å². The maximum absolute atomic E-state index is 13.8. The lowest BCUT2D eigenvalue weighted by molar-refractivity contribution is 0.0705. The number of amides is 1. The number of aryl methyl sites for hydroxylation is 1. The van der Waals surface area contributed by atoms with Gasteiger partial charge in [0, 0.05) is 55.7 Å². The molecule has 0 unspecified atom stereocenters. The van der Waals surface area contributed by atoms with Crippen LogP contribution in [0.1, 0.15) is 42.1 Å². The molecule has 1 aliphatic heterocycles. The van der Waals surface area contributed by atoms with Crippen LogP contribution in [0.2, 0.25) is 0 Å². The number of hydrogen-bond acceptors (Lipinski definition) is 6. The second kappa shape index (κ2) is 10.1. The summed E-state index contributed by atoms with van der Waals surface area (Å²) in [5.74, 6) is 0.317. The van der Waals surface area contributed by atoms with Gasteiger partial charge in [0.25, 0.3) is 5.91 Å². The molecule has 1 amide bonds. The summed E-state index contributed by atoms with van der Waals surface area (Å²) in [6.45, 7) is 6.38. The predicted molar refractivity (Wildman–Crippen MR) is 120 cm³/mol. The van der Waals surface area contributed by atoms with Crippen molar-refractivity contribution in [2.75, 3.05) is 24.5 Å². The van der Waals surface area contributed by atoms with Crippen molar-refractivity contribution in [3.63, 3.8) is 0 Å². The lowest BCUT2D eigenvalue weighted by Gasteiger charge is -2.32. The zero-order chi connectivity index (χ0) is 22.5. The van der Waals surface area contributed by atoms with Gasteiger partial charge in [0.15, 0.2) is 0 Å². The van der Waals surface area contributed by atoms with Crippen molar-refractivity contribution in [2.45, 2.75) is 39.3 Å². The summed E-state index contributed by atoms with van der Waals surface area (Å²) >= 11 is 0. The van der Waals surface area contributed by atoms with E-state index < -0.39 is 5.91 Å². The van der Waals surface area contributed by atoms with Crippen LogP contribution in [0, 0.1) is 11.7 Å². The van der Waals surface area contributed by atoms with Crippen LogP contribution in [-0.4, -0.2) is 45.3 Å². The largest absolute Gasteiger partial charge is 0.347 e. The summed E-state index contributed by atoms with van der Waals surface area (Å²) in [5, 5.41) is 13.2. The molecule has 0 saturated carbocycles. The van der Waals surface area contributed by atoms with Crippen molar-refractivity contribution >= 4 is 22.8 Å². The van der Waals surface area contributed by atoms with Gasteiger partial charge in [0.05, 0.1) is 5.56 Å². The second-order valence-electron chi connectivity index (χ2n) is 8.28. The predicted octanol–water partition coefficient (Wildman–Crippen LogP) is 3.11. The van der Waals surface area contributed by atoms with E-state index in [0.717, 1.165) is 61.9 Å². The van der Waals surface area contributed by atoms with E-state index in [1.54, 1.807) is 11.5 Å². The Bertz CT molecular complexity index is 1060. The highest BCUT2D eigenvalue weighted by Crippen LogP contribution is 2.24. The lowest BCUT2D eigenvalue weighted by atomic mass is 9.97. The number of rotatable bonds is 8. The average molecular weight is 441 g/mol. The number of halogens is 1. The Kier molecular flexibility index (Phi) is 6.96. The highest BCUT2D eigenvalue weighted by atomic mass is 19.1. The fourth-order valence-electron chi connectivity index (χ4n) is 4.32. The van der Waals surface area contributed by atoms with Gasteiger partial charge in [-0.05, 0) is 55.5 Å². The molecular weight excluding hydrogens is 411 g/mol. The Balaban J connectivity index is 1.29. The summed E-state index contributed by atoms with van der Waals surface area (Å²) < 4.78 is 16.0. The Morgan fingerprint density at radius 3 is 2.69 bits per heavy atom. The molecule has 8 nitrogen and oxygen atoms in total. The second-order valence-corrected chi connectivity index (χ2v) is 8.28. The van der Waals surface area contributed by atoms with Crippen molar-refractivity contribution in [2.24, 2.45) is 5.92 Å². The van der Waals surface area contributed by atoms with Gasteiger partial charge in [-0.1, -0.05) is 6.92 Å². The van der Waals surface area contributed by atoms with Gasteiger partial charge in [0.1, 0.15) is 5.82 Å². The molecule has 1 aromatic carbocycles. The first kappa shape index (κ1) is 22.2. The summed E-state index contributed by atoms with van der Waals surface area (Å²) in [6.07, 6.45) is 8.04. The maximum Gasteiger partial charge on any atom is 0.277 e. The minimum Gasteiger partial charge on any atom is -0.347 e. The number of aromatic nitrogens is 3. The van der Waals surface area contributed by atoms with Crippen LogP contribution in [0.15, 0.2) is 36.8 Å². The standard InChI is InChI=1S/C23H29FN6O2/c1-2-7-30-15-18(20-10-19(24)3-4-21(20)30)12-25-11-16-5-8-29(9-6-16)23-26-13-17(14-27-23)22(31)28-32/h3-4,10,13-16,25,32H,2,5-9,11-12H2,1H3,(H,28,31). The molecule has 170 valence electrons. The number of piperidine rings is 1. The van der Waals surface area contributed by atoms with Crippen LogP contribution in [0.25, 0.3) is 10.9 Å². The molecule has 2 aromatic heterocycles. The first-order valence-corrected chi connectivity index (χ1v) is 11.1. The smallest absolute Gasteiger partial charge is 0.277 e. The number of fused-ring (bicyclic) bond motifs is 1. The van der Waals surface area contributed by atoms with Crippen molar-refractivity contribution in [3.05, 3.63) is 53.7 Å². The molecule has 0 atom stereocenters. The number of benzene rings is 1. The number of hydrogen-bond donors (Lipinski definition) is 3. The van der Waals surface area contributed by atoms with Crippen molar-refractivity contribution < 1.29 is 14.4 Å². The molecule has 4 rings (SSSR count). The summed E-state index contributed by atoms with van der Waals surface area (Å²) in [5.41, 5.74) is 4.01. The Hall–Kier alpha value is -3.04. The fourth-order valence-corrected chi connectivity index (χ4v) is 4.32. The average Bonchev–Trinajstić information content (AvgIpc) is 3.16. The third kappa shape index (κ3) is 4.89. The van der Waals surface area contributed by atoms with E-state index in [1.165, 1.54) is 18.5 Å².